The van der Waals surface area contributed by atoms with Crippen LogP contribution in [0, 0.1) is 0 Å². The number of fused-ring (bicyclic) bond motifs is 3. The summed E-state index contributed by atoms with van der Waals surface area (Å²) in [5, 5.41) is 0. The van der Waals surface area contributed by atoms with E-state index in [-0.39, 0.29) is 5.75 Å². The van der Waals surface area contributed by atoms with Gasteiger partial charge in [-0.25, -0.2) is 0 Å². The largest absolute Gasteiger partial charge is 0.497 e. The first kappa shape index (κ1) is 20.7. The highest BCUT2D eigenvalue weighted by atomic mass is 19.3. The van der Waals surface area contributed by atoms with E-state index in [1.165, 1.54) is 6.07 Å². The SMILES string of the molecule is COc1cccc(C2Oc3cccc(OC(F)F)c3-c3ccc(C(C)C(N)=O)cc32)c1. The zero-order valence-corrected chi connectivity index (χ0v) is 17.0. The van der Waals surface area contributed by atoms with Crippen LogP contribution in [0.5, 0.6) is 17.2 Å². The highest BCUT2D eigenvalue weighted by molar-refractivity contribution is 5.84. The number of rotatable bonds is 6. The predicted octanol–water partition coefficient (Wildman–Crippen LogP) is 5.03. The maximum Gasteiger partial charge on any atom is 0.387 e. The minimum absolute atomic E-state index is 0.0218. The highest BCUT2D eigenvalue weighted by Gasteiger charge is 2.31. The second-order valence-corrected chi connectivity index (χ2v) is 7.25. The van der Waals surface area contributed by atoms with Gasteiger partial charge < -0.3 is 19.9 Å². The molecule has 0 radical (unpaired) electrons. The van der Waals surface area contributed by atoms with E-state index >= 15 is 0 Å². The Bertz CT molecular complexity index is 1130. The average Bonchev–Trinajstić information content (AvgIpc) is 2.77. The van der Waals surface area contributed by atoms with Crippen LogP contribution in [0.2, 0.25) is 0 Å². The average molecular weight is 425 g/mol. The Kier molecular flexibility index (Phi) is 5.50. The number of methoxy groups -OCH3 is 1. The van der Waals surface area contributed by atoms with Gasteiger partial charge in [-0.15, -0.1) is 0 Å². The fraction of sp³-hybridized carbons (Fsp3) is 0.208. The molecule has 5 nitrogen and oxygen atoms in total. The van der Waals surface area contributed by atoms with E-state index in [4.69, 9.17) is 19.9 Å². The Hall–Kier alpha value is -3.61. The third kappa shape index (κ3) is 3.91. The summed E-state index contributed by atoms with van der Waals surface area (Å²) < 4.78 is 42.4. The summed E-state index contributed by atoms with van der Waals surface area (Å²) in [4.78, 5) is 11.7. The Morgan fingerprint density at radius 3 is 2.58 bits per heavy atom. The number of ether oxygens (including phenoxy) is 3. The molecule has 0 aromatic heterocycles. The molecule has 0 fully saturated rings. The van der Waals surface area contributed by atoms with Crippen molar-refractivity contribution in [3.8, 4) is 28.4 Å². The normalized spacial score (nSPS) is 15.5. The van der Waals surface area contributed by atoms with Crippen LogP contribution in [0.1, 0.15) is 35.6 Å². The van der Waals surface area contributed by atoms with Crippen LogP contribution in [0.3, 0.4) is 0 Å². The molecule has 2 unspecified atom stereocenters. The van der Waals surface area contributed by atoms with Crippen LogP contribution >= 0.6 is 0 Å². The molecule has 1 amide bonds. The fourth-order valence-electron chi connectivity index (χ4n) is 3.77. The second kappa shape index (κ2) is 8.26. The molecule has 31 heavy (non-hydrogen) atoms. The van der Waals surface area contributed by atoms with E-state index in [2.05, 4.69) is 0 Å². The quantitative estimate of drug-likeness (QED) is 0.601. The number of nitrogens with two attached hydrogens (primary N) is 1. The molecule has 3 aromatic carbocycles. The molecule has 0 saturated carbocycles. The Labute approximate surface area is 178 Å². The minimum atomic E-state index is -2.97. The minimum Gasteiger partial charge on any atom is -0.497 e. The number of hydrogen-bond donors (Lipinski definition) is 1. The van der Waals surface area contributed by atoms with Crippen molar-refractivity contribution < 1.29 is 27.8 Å². The summed E-state index contributed by atoms with van der Waals surface area (Å²) in [6, 6.07) is 17.6. The molecule has 0 aliphatic carbocycles. The number of primary amides is 1. The van der Waals surface area contributed by atoms with E-state index < -0.39 is 24.5 Å². The standard InChI is InChI=1S/C24H21F2NO4/c1-13(23(27)28)14-9-10-17-18(12-14)22(15-5-3-6-16(11-15)29-2)30-19-7-4-8-20(21(17)19)31-24(25)26/h3-13,22,24H,1-2H3,(H2,27,28). The molecule has 1 aliphatic heterocycles. The van der Waals surface area contributed by atoms with Crippen molar-refractivity contribution in [2.75, 3.05) is 7.11 Å². The van der Waals surface area contributed by atoms with Crippen LogP contribution in [0.15, 0.2) is 60.7 Å². The summed E-state index contributed by atoms with van der Waals surface area (Å²) in [6.07, 6.45) is -0.542. The van der Waals surface area contributed by atoms with Crippen molar-refractivity contribution in [2.24, 2.45) is 5.73 Å². The monoisotopic (exact) mass is 425 g/mol. The fourth-order valence-corrected chi connectivity index (χ4v) is 3.77. The first-order valence-electron chi connectivity index (χ1n) is 9.71. The molecule has 0 bridgehead atoms. The summed E-state index contributed by atoms with van der Waals surface area (Å²) in [7, 11) is 1.57. The highest BCUT2D eigenvalue weighted by Crippen LogP contribution is 2.50. The molecule has 160 valence electrons. The first-order chi connectivity index (χ1) is 14.9. The van der Waals surface area contributed by atoms with Crippen molar-refractivity contribution in [3.05, 3.63) is 77.4 Å². The summed E-state index contributed by atoms with van der Waals surface area (Å²) in [5.41, 5.74) is 8.86. The van der Waals surface area contributed by atoms with Crippen LogP contribution in [-0.2, 0) is 4.79 Å². The number of halogens is 2. The summed E-state index contributed by atoms with van der Waals surface area (Å²) >= 11 is 0. The molecule has 2 atom stereocenters. The summed E-state index contributed by atoms with van der Waals surface area (Å²) in [6.45, 7) is -1.26. The molecule has 2 N–H and O–H groups in total. The number of benzene rings is 3. The van der Waals surface area contributed by atoms with E-state index in [1.807, 2.05) is 30.3 Å². The van der Waals surface area contributed by atoms with Gasteiger partial charge in [0.15, 0.2) is 0 Å². The van der Waals surface area contributed by atoms with E-state index in [0.717, 1.165) is 11.1 Å². The van der Waals surface area contributed by atoms with Gasteiger partial charge in [-0.05, 0) is 42.3 Å². The Balaban J connectivity index is 1.92. The van der Waals surface area contributed by atoms with Crippen molar-refractivity contribution in [1.82, 2.24) is 0 Å². The topological polar surface area (TPSA) is 70.8 Å². The second-order valence-electron chi connectivity index (χ2n) is 7.25. The van der Waals surface area contributed by atoms with Crippen molar-refractivity contribution in [3.63, 3.8) is 0 Å². The molecule has 0 saturated heterocycles. The van der Waals surface area contributed by atoms with Crippen LogP contribution in [0.25, 0.3) is 11.1 Å². The maximum atomic E-state index is 13.0. The summed E-state index contributed by atoms with van der Waals surface area (Å²) in [5.74, 6) is 0.120. The van der Waals surface area contributed by atoms with Gasteiger partial charge in [-0.2, -0.15) is 8.78 Å². The number of alkyl halides is 2. The van der Waals surface area contributed by atoms with Crippen LogP contribution < -0.4 is 19.9 Å². The molecule has 1 aliphatic rings. The third-order valence-corrected chi connectivity index (χ3v) is 5.40. The maximum absolute atomic E-state index is 13.0. The smallest absolute Gasteiger partial charge is 0.387 e. The van der Waals surface area contributed by atoms with Gasteiger partial charge in [0.25, 0.3) is 0 Å². The lowest BCUT2D eigenvalue weighted by Gasteiger charge is -2.31. The molecular weight excluding hydrogens is 404 g/mol. The van der Waals surface area contributed by atoms with E-state index in [9.17, 15) is 13.6 Å². The van der Waals surface area contributed by atoms with Crippen molar-refractivity contribution >= 4 is 5.91 Å². The van der Waals surface area contributed by atoms with Gasteiger partial charge >= 0.3 is 6.61 Å². The molecule has 1 heterocycles. The van der Waals surface area contributed by atoms with Gasteiger partial charge in [0, 0.05) is 11.1 Å². The number of amides is 1. The molecular formula is C24H21F2NO4. The Morgan fingerprint density at radius 1 is 1.10 bits per heavy atom. The van der Waals surface area contributed by atoms with E-state index in [1.54, 1.807) is 38.3 Å². The number of carbonyl (C=O) groups excluding carboxylic acids is 1. The third-order valence-electron chi connectivity index (χ3n) is 5.40. The lowest BCUT2D eigenvalue weighted by molar-refractivity contribution is -0.119. The Morgan fingerprint density at radius 2 is 1.87 bits per heavy atom. The number of carbonyl (C=O) groups is 1. The lowest BCUT2D eigenvalue weighted by Crippen LogP contribution is -2.21. The first-order valence-corrected chi connectivity index (χ1v) is 9.71. The predicted molar refractivity (Wildman–Crippen MR) is 112 cm³/mol. The van der Waals surface area contributed by atoms with Crippen LogP contribution in [-0.4, -0.2) is 19.6 Å². The van der Waals surface area contributed by atoms with Gasteiger partial charge in [-0.1, -0.05) is 36.4 Å². The van der Waals surface area contributed by atoms with Gasteiger partial charge in [0.1, 0.15) is 23.4 Å². The molecule has 4 rings (SSSR count). The van der Waals surface area contributed by atoms with Gasteiger partial charge in [0.05, 0.1) is 18.6 Å². The molecule has 0 spiro atoms. The van der Waals surface area contributed by atoms with Crippen molar-refractivity contribution in [1.29, 1.82) is 0 Å². The van der Waals surface area contributed by atoms with Crippen molar-refractivity contribution in [2.45, 2.75) is 25.6 Å². The van der Waals surface area contributed by atoms with E-state index in [0.29, 0.717) is 28.2 Å². The van der Waals surface area contributed by atoms with Gasteiger partial charge in [0.2, 0.25) is 5.91 Å². The molecule has 3 aromatic rings. The lowest BCUT2D eigenvalue weighted by atomic mass is 9.86. The van der Waals surface area contributed by atoms with Crippen LogP contribution in [0.4, 0.5) is 8.78 Å². The van der Waals surface area contributed by atoms with Gasteiger partial charge in [-0.3, -0.25) is 4.79 Å². The number of hydrogen-bond acceptors (Lipinski definition) is 4. The zero-order valence-electron chi connectivity index (χ0n) is 17.0. The zero-order chi connectivity index (χ0) is 22.1. The molecule has 7 heteroatoms.